The number of anilines is 1. The molecule has 0 atom stereocenters. The first-order chi connectivity index (χ1) is 9.16. The van der Waals surface area contributed by atoms with Gasteiger partial charge in [0.05, 0.1) is 0 Å². The summed E-state index contributed by atoms with van der Waals surface area (Å²) in [6.45, 7) is 2.54. The van der Waals surface area contributed by atoms with Crippen molar-refractivity contribution < 1.29 is 9.90 Å². The first-order valence-corrected chi connectivity index (χ1v) is 6.97. The third-order valence-corrected chi connectivity index (χ3v) is 3.71. The smallest absolute Gasteiger partial charge is 0.341 e. The van der Waals surface area contributed by atoms with Crippen molar-refractivity contribution in [3.63, 3.8) is 0 Å². The third kappa shape index (κ3) is 3.91. The molecule has 0 aliphatic heterocycles. The Morgan fingerprint density at radius 2 is 2.16 bits per heavy atom. The molecular weight excluding hydrogens is 242 g/mol. The maximum Gasteiger partial charge on any atom is 0.341 e. The van der Waals surface area contributed by atoms with E-state index in [1.165, 1.54) is 38.3 Å². The molecule has 1 aliphatic rings. The molecule has 1 heterocycles. The molecule has 1 fully saturated rings. The highest BCUT2D eigenvalue weighted by molar-refractivity contribution is 5.92. The molecule has 2 N–H and O–H groups in total. The number of aromatic nitrogens is 2. The molecule has 1 aromatic rings. The molecule has 0 spiro atoms. The second kappa shape index (κ2) is 6.50. The molecule has 5 heteroatoms. The highest BCUT2D eigenvalue weighted by atomic mass is 16.4. The number of nitrogens with zero attached hydrogens (tertiary/aromatic N) is 2. The van der Waals surface area contributed by atoms with Crippen LogP contribution in [-0.2, 0) is 0 Å². The Morgan fingerprint density at radius 1 is 1.42 bits per heavy atom. The third-order valence-electron chi connectivity index (χ3n) is 3.71. The van der Waals surface area contributed by atoms with Crippen molar-refractivity contribution in [2.75, 3.05) is 11.9 Å². The van der Waals surface area contributed by atoms with Crippen LogP contribution in [0.3, 0.4) is 0 Å². The normalized spacial score (nSPS) is 16.3. The average Bonchev–Trinajstić information content (AvgIpc) is 2.39. The Morgan fingerprint density at radius 3 is 2.84 bits per heavy atom. The number of aryl methyl sites for hydroxylation is 1. The van der Waals surface area contributed by atoms with Gasteiger partial charge in [-0.25, -0.2) is 14.8 Å². The summed E-state index contributed by atoms with van der Waals surface area (Å²) in [6.07, 6.45) is 9.08. The Labute approximate surface area is 113 Å². The first kappa shape index (κ1) is 13.8. The van der Waals surface area contributed by atoms with Crippen LogP contribution in [0.4, 0.5) is 5.82 Å². The Hall–Kier alpha value is -1.65. The Kier molecular flexibility index (Phi) is 4.71. The first-order valence-electron chi connectivity index (χ1n) is 6.97. The van der Waals surface area contributed by atoms with Crippen LogP contribution in [0.2, 0.25) is 0 Å². The molecule has 0 radical (unpaired) electrons. The van der Waals surface area contributed by atoms with Crippen LogP contribution in [0.5, 0.6) is 0 Å². The summed E-state index contributed by atoms with van der Waals surface area (Å²) in [6, 6.07) is 0. The molecule has 2 rings (SSSR count). The van der Waals surface area contributed by atoms with Crippen LogP contribution >= 0.6 is 0 Å². The molecule has 104 valence electrons. The molecule has 1 aromatic heterocycles. The van der Waals surface area contributed by atoms with E-state index in [2.05, 4.69) is 15.3 Å². The van der Waals surface area contributed by atoms with E-state index in [0.717, 1.165) is 18.9 Å². The zero-order chi connectivity index (χ0) is 13.7. The summed E-state index contributed by atoms with van der Waals surface area (Å²) in [5, 5.41) is 12.2. The lowest BCUT2D eigenvalue weighted by Gasteiger charge is -2.21. The topological polar surface area (TPSA) is 75.1 Å². The van der Waals surface area contributed by atoms with E-state index in [0.29, 0.717) is 11.6 Å². The van der Waals surface area contributed by atoms with Crippen LogP contribution in [0.25, 0.3) is 0 Å². The van der Waals surface area contributed by atoms with Crippen molar-refractivity contribution in [2.24, 2.45) is 5.92 Å². The molecule has 5 nitrogen and oxygen atoms in total. The fraction of sp³-hybridized carbons (Fsp3) is 0.643. The molecular formula is C14H21N3O2. The Balaban J connectivity index is 1.91. The maximum atomic E-state index is 11.1. The van der Waals surface area contributed by atoms with Gasteiger partial charge < -0.3 is 10.4 Å². The molecule has 0 aromatic carbocycles. The number of carboxylic acids is 1. The quantitative estimate of drug-likeness (QED) is 0.854. The van der Waals surface area contributed by atoms with Gasteiger partial charge in [-0.15, -0.1) is 0 Å². The molecule has 0 amide bonds. The standard InChI is InChI=1S/C14H21N3O2/c1-10-16-9-12(14(18)19)13(17-10)15-8-7-11-5-3-2-4-6-11/h9,11H,2-8H2,1H3,(H,18,19)(H,15,16,17). The second-order valence-electron chi connectivity index (χ2n) is 5.20. The minimum Gasteiger partial charge on any atom is -0.477 e. The number of hydrogen-bond donors (Lipinski definition) is 2. The minimum atomic E-state index is -0.986. The van der Waals surface area contributed by atoms with Crippen LogP contribution in [0, 0.1) is 12.8 Å². The van der Waals surface area contributed by atoms with Gasteiger partial charge in [0.1, 0.15) is 17.2 Å². The molecule has 1 saturated carbocycles. The van der Waals surface area contributed by atoms with E-state index < -0.39 is 5.97 Å². The Bertz CT molecular complexity index is 442. The van der Waals surface area contributed by atoms with E-state index >= 15 is 0 Å². The lowest BCUT2D eigenvalue weighted by molar-refractivity contribution is 0.0697. The highest BCUT2D eigenvalue weighted by Crippen LogP contribution is 2.26. The van der Waals surface area contributed by atoms with Crippen molar-refractivity contribution in [2.45, 2.75) is 45.4 Å². The van der Waals surface area contributed by atoms with E-state index in [1.54, 1.807) is 6.92 Å². The van der Waals surface area contributed by atoms with Crippen LogP contribution in [-0.4, -0.2) is 27.6 Å². The molecule has 0 unspecified atom stereocenters. The summed E-state index contributed by atoms with van der Waals surface area (Å²) >= 11 is 0. The fourth-order valence-corrected chi connectivity index (χ4v) is 2.63. The molecule has 0 bridgehead atoms. The van der Waals surface area contributed by atoms with Crippen molar-refractivity contribution in [1.29, 1.82) is 0 Å². The van der Waals surface area contributed by atoms with Gasteiger partial charge >= 0.3 is 5.97 Å². The van der Waals surface area contributed by atoms with Gasteiger partial charge in [-0.2, -0.15) is 0 Å². The zero-order valence-electron chi connectivity index (χ0n) is 11.4. The second-order valence-corrected chi connectivity index (χ2v) is 5.20. The summed E-state index contributed by atoms with van der Waals surface area (Å²) in [5.41, 5.74) is 0.147. The summed E-state index contributed by atoms with van der Waals surface area (Å²) in [5.74, 6) is 0.818. The average molecular weight is 263 g/mol. The van der Waals surface area contributed by atoms with E-state index in [-0.39, 0.29) is 5.56 Å². The summed E-state index contributed by atoms with van der Waals surface area (Å²) in [4.78, 5) is 19.2. The van der Waals surface area contributed by atoms with Crippen LogP contribution in [0.15, 0.2) is 6.20 Å². The monoisotopic (exact) mass is 263 g/mol. The van der Waals surface area contributed by atoms with Gasteiger partial charge in [-0.1, -0.05) is 32.1 Å². The fourth-order valence-electron chi connectivity index (χ4n) is 2.63. The van der Waals surface area contributed by atoms with Gasteiger partial charge in [0.15, 0.2) is 0 Å². The van der Waals surface area contributed by atoms with Crippen LogP contribution in [0.1, 0.15) is 54.7 Å². The minimum absolute atomic E-state index is 0.147. The van der Waals surface area contributed by atoms with Crippen molar-refractivity contribution in [3.8, 4) is 0 Å². The number of carboxylic acid groups (broad SMARTS) is 1. The van der Waals surface area contributed by atoms with Gasteiger partial charge in [0, 0.05) is 12.7 Å². The number of rotatable bonds is 5. The maximum absolute atomic E-state index is 11.1. The summed E-state index contributed by atoms with van der Waals surface area (Å²) < 4.78 is 0. The van der Waals surface area contributed by atoms with Gasteiger partial charge in [0.2, 0.25) is 0 Å². The van der Waals surface area contributed by atoms with Crippen molar-refractivity contribution in [3.05, 3.63) is 17.6 Å². The largest absolute Gasteiger partial charge is 0.477 e. The lowest BCUT2D eigenvalue weighted by Crippen LogP contribution is -2.15. The van der Waals surface area contributed by atoms with Crippen molar-refractivity contribution >= 4 is 11.8 Å². The number of carbonyl (C=O) groups is 1. The summed E-state index contributed by atoms with van der Waals surface area (Å²) in [7, 11) is 0. The van der Waals surface area contributed by atoms with Crippen LogP contribution < -0.4 is 5.32 Å². The molecule has 19 heavy (non-hydrogen) atoms. The predicted molar refractivity (Wildman–Crippen MR) is 73.4 cm³/mol. The highest BCUT2D eigenvalue weighted by Gasteiger charge is 2.15. The van der Waals surface area contributed by atoms with Gasteiger partial charge in [-0.05, 0) is 19.3 Å². The lowest BCUT2D eigenvalue weighted by atomic mass is 9.87. The number of nitrogens with one attached hydrogen (secondary N) is 1. The van der Waals surface area contributed by atoms with E-state index in [9.17, 15) is 4.79 Å². The predicted octanol–water partition coefficient (Wildman–Crippen LogP) is 2.87. The molecule has 1 aliphatic carbocycles. The number of hydrogen-bond acceptors (Lipinski definition) is 4. The van der Waals surface area contributed by atoms with Crippen molar-refractivity contribution in [1.82, 2.24) is 9.97 Å². The zero-order valence-corrected chi connectivity index (χ0v) is 11.4. The van der Waals surface area contributed by atoms with Gasteiger partial charge in [0.25, 0.3) is 0 Å². The van der Waals surface area contributed by atoms with E-state index in [4.69, 9.17) is 5.11 Å². The van der Waals surface area contributed by atoms with E-state index in [1.807, 2.05) is 0 Å². The van der Waals surface area contributed by atoms with Gasteiger partial charge in [-0.3, -0.25) is 0 Å². The SMILES string of the molecule is Cc1ncc(C(=O)O)c(NCCC2CCCCC2)n1. The molecule has 0 saturated heterocycles. The number of aromatic carboxylic acids is 1.